The van der Waals surface area contributed by atoms with E-state index in [9.17, 15) is 0 Å². The Morgan fingerprint density at radius 1 is 0.455 bits per heavy atom. The molecule has 0 aromatic carbocycles. The van der Waals surface area contributed by atoms with Crippen molar-refractivity contribution in [2.45, 2.75) is 169 Å². The molecule has 0 aliphatic carbocycles. The average Bonchev–Trinajstić information content (AvgIpc) is 2.78. The van der Waals surface area contributed by atoms with E-state index in [0.29, 0.717) is 5.41 Å². The predicted octanol–water partition coefficient (Wildman–Crippen LogP) is 10.3. The lowest BCUT2D eigenvalue weighted by molar-refractivity contribution is -0.0872. The molecule has 0 bridgehead atoms. The normalized spacial score (nSPS) is 12.4. The van der Waals surface area contributed by atoms with Crippen molar-refractivity contribution in [2.24, 2.45) is 22.3 Å². The van der Waals surface area contributed by atoms with E-state index in [-0.39, 0.29) is 44.9 Å². The topological polar surface area (TPSA) is 52.0 Å². The van der Waals surface area contributed by atoms with Crippen LogP contribution in [-0.2, 0) is 0 Å². The van der Waals surface area contributed by atoms with Crippen molar-refractivity contribution in [3.8, 4) is 0 Å². The first-order chi connectivity index (χ1) is 14.9. The molecule has 0 unspecified atom stereocenters. The van der Waals surface area contributed by atoms with Crippen LogP contribution >= 0.6 is 34.0 Å². The van der Waals surface area contributed by atoms with E-state index in [4.69, 9.17) is 11.5 Å². The van der Waals surface area contributed by atoms with Gasteiger partial charge in [0.05, 0.1) is 0 Å². The van der Waals surface area contributed by atoms with Gasteiger partial charge in [-0.25, -0.2) is 0 Å². The summed E-state index contributed by atoms with van der Waals surface area (Å²) in [7, 11) is 0. The van der Waals surface area contributed by atoms with E-state index in [1.54, 1.807) is 0 Å². The molecule has 0 radical (unpaired) electrons. The Morgan fingerprint density at radius 3 is 1.06 bits per heavy atom. The molecule has 0 amide bonds. The number of nitrogens with two attached hydrogens (primary N) is 2. The lowest BCUT2D eigenvalue weighted by Gasteiger charge is -2.61. The maximum Gasteiger partial charge on any atom is 0.0216 e. The van der Waals surface area contributed by atoms with Gasteiger partial charge in [0.25, 0.3) is 0 Å². The number of hydrogen-bond acceptors (Lipinski definition) is 2. The van der Waals surface area contributed by atoms with Crippen LogP contribution in [0.4, 0.5) is 0 Å². The van der Waals surface area contributed by atoms with Gasteiger partial charge in [0.2, 0.25) is 0 Å². The Hall–Kier alpha value is 0.880. The molecule has 4 N–H and O–H groups in total. The molecule has 0 aliphatic heterocycles. The van der Waals surface area contributed by atoms with Crippen LogP contribution in [0.15, 0.2) is 0 Å². The first-order valence-electron chi connectivity index (χ1n) is 14.4. The summed E-state index contributed by atoms with van der Waals surface area (Å²) >= 11 is 0. The third-order valence-electron chi connectivity index (χ3n) is 8.48. The Balaban J connectivity index is -0.00000450. The SMILES string of the molecule is Br.Br.CCCCC(N)(CCCC)C(CCCC)(CCCC)C(CCN)(CCCC)CCCC. The predicted molar refractivity (Wildman–Crippen MR) is 163 cm³/mol. The molecule has 0 saturated carbocycles. The van der Waals surface area contributed by atoms with Crippen LogP contribution in [0.2, 0.25) is 0 Å². The molecular weight excluding hydrogens is 536 g/mol. The van der Waals surface area contributed by atoms with Crippen molar-refractivity contribution in [1.82, 2.24) is 0 Å². The molecule has 0 spiro atoms. The molecule has 0 saturated heterocycles. The van der Waals surface area contributed by atoms with Crippen molar-refractivity contribution < 1.29 is 0 Å². The third-order valence-corrected chi connectivity index (χ3v) is 8.48. The molecule has 0 fully saturated rings. The Bertz CT molecular complexity index is 390. The number of unbranched alkanes of at least 4 members (excludes halogenated alkanes) is 6. The largest absolute Gasteiger partial charge is 0.330 e. The molecule has 0 aliphatic rings. The van der Waals surface area contributed by atoms with Gasteiger partial charge in [-0.1, -0.05) is 119 Å². The van der Waals surface area contributed by atoms with Crippen LogP contribution in [0.5, 0.6) is 0 Å². The Labute approximate surface area is 231 Å². The van der Waals surface area contributed by atoms with Gasteiger partial charge in [-0.2, -0.15) is 0 Å². The lowest BCUT2D eigenvalue weighted by Crippen LogP contribution is -2.63. The minimum atomic E-state index is -0.0555. The summed E-state index contributed by atoms with van der Waals surface area (Å²) in [6, 6.07) is 0. The van der Waals surface area contributed by atoms with Gasteiger partial charge in [-0.3, -0.25) is 0 Å². The van der Waals surface area contributed by atoms with Crippen molar-refractivity contribution in [3.63, 3.8) is 0 Å². The second kappa shape index (κ2) is 22.1. The highest BCUT2D eigenvalue weighted by Crippen LogP contribution is 2.62. The van der Waals surface area contributed by atoms with Gasteiger partial charge >= 0.3 is 0 Å². The van der Waals surface area contributed by atoms with Gasteiger partial charge in [0, 0.05) is 5.54 Å². The second-order valence-corrected chi connectivity index (χ2v) is 10.7. The summed E-state index contributed by atoms with van der Waals surface area (Å²) in [4.78, 5) is 0. The first kappa shape index (κ1) is 38.4. The van der Waals surface area contributed by atoms with Gasteiger partial charge in [-0.15, -0.1) is 34.0 Å². The van der Waals surface area contributed by atoms with Crippen LogP contribution in [0.3, 0.4) is 0 Å². The molecule has 0 heterocycles. The summed E-state index contributed by atoms with van der Waals surface area (Å²) in [6.45, 7) is 14.9. The average molecular weight is 601 g/mol. The minimum Gasteiger partial charge on any atom is -0.330 e. The van der Waals surface area contributed by atoms with Crippen LogP contribution in [0, 0.1) is 10.8 Å². The van der Waals surface area contributed by atoms with E-state index in [1.807, 2.05) is 0 Å². The number of halogens is 2. The molecular formula is C29H64Br2N2. The van der Waals surface area contributed by atoms with E-state index < -0.39 is 0 Å². The van der Waals surface area contributed by atoms with Crippen molar-refractivity contribution in [2.75, 3.05) is 6.54 Å². The van der Waals surface area contributed by atoms with Gasteiger partial charge in [-0.05, 0) is 62.3 Å². The van der Waals surface area contributed by atoms with E-state index >= 15 is 0 Å². The third kappa shape index (κ3) is 11.2. The highest BCUT2D eigenvalue weighted by molar-refractivity contribution is 8.93. The smallest absolute Gasteiger partial charge is 0.0216 e. The zero-order valence-electron chi connectivity index (χ0n) is 23.6. The minimum absolute atomic E-state index is 0. The molecule has 0 rings (SSSR count). The standard InChI is InChI=1S/C29H62N2.2BrH/c1-7-13-19-27(25-26-30,20-14-8-2)28(21-15-9-3,22-16-10-4)29(31,23-17-11-5)24-18-12-6;;/h7-26,30-31H2,1-6H3;2*1H. The maximum atomic E-state index is 7.75. The number of rotatable bonds is 22. The Morgan fingerprint density at radius 2 is 0.758 bits per heavy atom. The second-order valence-electron chi connectivity index (χ2n) is 10.7. The molecule has 2 nitrogen and oxygen atoms in total. The zero-order chi connectivity index (χ0) is 23.6. The highest BCUT2D eigenvalue weighted by atomic mass is 79.9. The van der Waals surface area contributed by atoms with Crippen LogP contribution in [0.1, 0.15) is 164 Å². The monoisotopic (exact) mass is 598 g/mol. The molecule has 33 heavy (non-hydrogen) atoms. The summed E-state index contributed by atoms with van der Waals surface area (Å²) in [6.07, 6.45) is 24.2. The molecule has 0 aromatic rings. The first-order valence-corrected chi connectivity index (χ1v) is 14.4. The van der Waals surface area contributed by atoms with E-state index in [1.165, 1.54) is 116 Å². The van der Waals surface area contributed by atoms with Crippen LogP contribution in [-0.4, -0.2) is 12.1 Å². The van der Waals surface area contributed by atoms with Crippen molar-refractivity contribution in [3.05, 3.63) is 0 Å². The van der Waals surface area contributed by atoms with Gasteiger partial charge in [0.1, 0.15) is 0 Å². The summed E-state index contributed by atoms with van der Waals surface area (Å²) in [5.74, 6) is 0. The van der Waals surface area contributed by atoms with E-state index in [0.717, 1.165) is 13.0 Å². The zero-order valence-corrected chi connectivity index (χ0v) is 27.0. The Kier molecular flexibility index (Phi) is 25.7. The molecule has 204 valence electrons. The van der Waals surface area contributed by atoms with Crippen LogP contribution in [0.25, 0.3) is 0 Å². The van der Waals surface area contributed by atoms with Crippen molar-refractivity contribution in [1.29, 1.82) is 0 Å². The van der Waals surface area contributed by atoms with Gasteiger partial charge < -0.3 is 11.5 Å². The van der Waals surface area contributed by atoms with E-state index in [2.05, 4.69) is 41.5 Å². The van der Waals surface area contributed by atoms with Crippen LogP contribution < -0.4 is 11.5 Å². The quantitative estimate of drug-likeness (QED) is 0.130. The fourth-order valence-corrected chi connectivity index (χ4v) is 6.63. The summed E-state index contributed by atoms with van der Waals surface area (Å²) in [5.41, 5.74) is 14.6. The highest BCUT2D eigenvalue weighted by Gasteiger charge is 2.58. The lowest BCUT2D eigenvalue weighted by atomic mass is 9.45. The molecule has 0 aromatic heterocycles. The fourth-order valence-electron chi connectivity index (χ4n) is 6.63. The molecule has 4 heteroatoms. The molecule has 0 atom stereocenters. The summed E-state index contributed by atoms with van der Waals surface area (Å²) < 4.78 is 0. The van der Waals surface area contributed by atoms with Crippen molar-refractivity contribution >= 4 is 34.0 Å². The maximum absolute atomic E-state index is 7.75. The number of hydrogen-bond donors (Lipinski definition) is 2. The fraction of sp³-hybridized carbons (Fsp3) is 1.00. The van der Waals surface area contributed by atoms with Gasteiger partial charge in [0.15, 0.2) is 0 Å². The summed E-state index contributed by atoms with van der Waals surface area (Å²) in [5, 5.41) is 0.